The highest BCUT2D eigenvalue weighted by Gasteiger charge is 2.28. The van der Waals surface area contributed by atoms with Gasteiger partial charge in [-0.25, -0.2) is 8.42 Å². The van der Waals surface area contributed by atoms with Crippen LogP contribution in [0.1, 0.15) is 28.9 Å². The van der Waals surface area contributed by atoms with Crippen molar-refractivity contribution in [3.05, 3.63) is 56.8 Å². The number of nitrogens with one attached hydrogen (secondary N) is 1. The average molecular weight is 442 g/mol. The summed E-state index contributed by atoms with van der Waals surface area (Å²) in [5.74, 6) is -0.193. The first-order valence-corrected chi connectivity index (χ1v) is 11.4. The molecule has 150 valence electrons. The van der Waals surface area contributed by atoms with Gasteiger partial charge in [0, 0.05) is 39.0 Å². The van der Waals surface area contributed by atoms with Crippen molar-refractivity contribution in [1.29, 1.82) is 0 Å². The van der Waals surface area contributed by atoms with Crippen molar-refractivity contribution in [2.24, 2.45) is 0 Å². The van der Waals surface area contributed by atoms with Gasteiger partial charge in [0.05, 0.1) is 23.7 Å². The van der Waals surface area contributed by atoms with Crippen molar-refractivity contribution in [3.8, 4) is 0 Å². The third kappa shape index (κ3) is 4.77. The topological polar surface area (TPSA) is 81.1 Å². The molecule has 9 heteroatoms. The Labute approximate surface area is 174 Å². The van der Waals surface area contributed by atoms with Crippen molar-refractivity contribution in [2.75, 3.05) is 11.5 Å². The monoisotopic (exact) mass is 441 g/mol. The number of hydrogen-bond acceptors (Lipinski definition) is 4. The number of sulfone groups is 1. The summed E-state index contributed by atoms with van der Waals surface area (Å²) in [6.07, 6.45) is 3.56. The van der Waals surface area contributed by atoms with Crippen molar-refractivity contribution in [3.63, 3.8) is 0 Å². The summed E-state index contributed by atoms with van der Waals surface area (Å²) in [5.41, 5.74) is 3.26. The second-order valence-corrected chi connectivity index (χ2v) is 9.93. The van der Waals surface area contributed by atoms with Gasteiger partial charge in [0.15, 0.2) is 9.84 Å². The lowest BCUT2D eigenvalue weighted by molar-refractivity contribution is -0.116. The Bertz CT molecular complexity index is 1020. The highest BCUT2D eigenvalue weighted by molar-refractivity contribution is 7.91. The average Bonchev–Trinajstić information content (AvgIpc) is 3.08. The molecule has 1 aromatic carbocycles. The number of aryl methyl sites for hydroxylation is 1. The largest absolute Gasteiger partial charge is 0.349 e. The summed E-state index contributed by atoms with van der Waals surface area (Å²) in [5, 5.41) is 8.41. The van der Waals surface area contributed by atoms with Crippen LogP contribution in [-0.4, -0.2) is 41.7 Å². The van der Waals surface area contributed by atoms with Crippen molar-refractivity contribution >= 4 is 45.0 Å². The standard InChI is InChI=1S/C19H21Cl2N3O3S/c1-12-15(6-7-19(25)22-14-8-9-28(26,27)11-14)13(2)24(23-12)10-16-17(20)4-3-5-18(16)21/h3-7,14H,8-11H2,1-2H3,(H,22,25). The maximum atomic E-state index is 12.1. The van der Waals surface area contributed by atoms with Crippen LogP contribution < -0.4 is 5.32 Å². The fraction of sp³-hybridized carbons (Fsp3) is 0.368. The molecule has 1 aromatic heterocycles. The van der Waals surface area contributed by atoms with Crippen molar-refractivity contribution in [1.82, 2.24) is 15.1 Å². The zero-order valence-corrected chi connectivity index (χ0v) is 17.9. The molecule has 1 unspecified atom stereocenters. The molecule has 2 aromatic rings. The minimum Gasteiger partial charge on any atom is -0.349 e. The Balaban J connectivity index is 1.73. The lowest BCUT2D eigenvalue weighted by atomic mass is 10.1. The van der Waals surface area contributed by atoms with Gasteiger partial charge in [-0.05, 0) is 38.5 Å². The molecule has 1 fully saturated rings. The molecule has 0 saturated carbocycles. The van der Waals surface area contributed by atoms with Gasteiger partial charge >= 0.3 is 0 Å². The van der Waals surface area contributed by atoms with Crippen LogP contribution in [0.2, 0.25) is 10.0 Å². The molecule has 1 saturated heterocycles. The Morgan fingerprint density at radius 2 is 2.00 bits per heavy atom. The number of halogens is 2. The van der Waals surface area contributed by atoms with E-state index in [4.69, 9.17) is 23.2 Å². The molecule has 0 bridgehead atoms. The van der Waals surface area contributed by atoms with Gasteiger partial charge in [-0.15, -0.1) is 0 Å². The SMILES string of the molecule is Cc1nn(Cc2c(Cl)cccc2Cl)c(C)c1C=CC(=O)NC1CCS(=O)(=O)C1. The Morgan fingerprint density at radius 3 is 2.61 bits per heavy atom. The molecular weight excluding hydrogens is 421 g/mol. The number of aromatic nitrogens is 2. The van der Waals surface area contributed by atoms with E-state index in [0.29, 0.717) is 23.0 Å². The van der Waals surface area contributed by atoms with Crippen LogP contribution in [-0.2, 0) is 21.2 Å². The molecule has 1 aliphatic heterocycles. The molecule has 1 aliphatic rings. The molecule has 6 nitrogen and oxygen atoms in total. The second-order valence-electron chi connectivity index (χ2n) is 6.88. The van der Waals surface area contributed by atoms with Gasteiger partial charge in [0.25, 0.3) is 0 Å². The van der Waals surface area contributed by atoms with E-state index in [0.717, 1.165) is 22.5 Å². The van der Waals surface area contributed by atoms with E-state index in [9.17, 15) is 13.2 Å². The van der Waals surface area contributed by atoms with Crippen LogP contribution in [0.5, 0.6) is 0 Å². The number of carbonyl (C=O) groups is 1. The van der Waals surface area contributed by atoms with E-state index in [1.54, 1.807) is 29.0 Å². The molecule has 0 aliphatic carbocycles. The summed E-state index contributed by atoms with van der Waals surface area (Å²) in [6.45, 7) is 4.19. The molecule has 0 spiro atoms. The zero-order valence-electron chi connectivity index (χ0n) is 15.6. The van der Waals surface area contributed by atoms with E-state index in [1.165, 1.54) is 6.08 Å². The van der Waals surface area contributed by atoms with Crippen LogP contribution in [0.4, 0.5) is 0 Å². The van der Waals surface area contributed by atoms with E-state index in [-0.39, 0.29) is 23.5 Å². The van der Waals surface area contributed by atoms with Gasteiger partial charge < -0.3 is 5.32 Å². The quantitative estimate of drug-likeness (QED) is 0.722. The first-order valence-electron chi connectivity index (χ1n) is 8.82. The predicted molar refractivity (Wildman–Crippen MR) is 112 cm³/mol. The molecule has 1 amide bonds. The van der Waals surface area contributed by atoms with Gasteiger partial charge in [-0.3, -0.25) is 9.48 Å². The normalized spacial score (nSPS) is 18.6. The summed E-state index contributed by atoms with van der Waals surface area (Å²) < 4.78 is 24.8. The van der Waals surface area contributed by atoms with Gasteiger partial charge in [0.1, 0.15) is 0 Å². The molecule has 0 radical (unpaired) electrons. The van der Waals surface area contributed by atoms with Crippen LogP contribution >= 0.6 is 23.2 Å². The number of amides is 1. The predicted octanol–water partition coefficient (Wildman–Crippen LogP) is 3.17. The number of carbonyl (C=O) groups excluding carboxylic acids is 1. The number of benzene rings is 1. The molecular formula is C19H21Cl2N3O3S. The van der Waals surface area contributed by atoms with Gasteiger partial charge in [0.2, 0.25) is 5.91 Å². The fourth-order valence-electron chi connectivity index (χ4n) is 3.26. The first kappa shape index (κ1) is 20.9. The summed E-state index contributed by atoms with van der Waals surface area (Å²) in [4.78, 5) is 12.1. The number of rotatable bonds is 5. The first-order chi connectivity index (χ1) is 13.2. The zero-order chi connectivity index (χ0) is 20.5. The van der Waals surface area contributed by atoms with E-state index >= 15 is 0 Å². The molecule has 1 atom stereocenters. The lowest BCUT2D eigenvalue weighted by Crippen LogP contribution is -2.34. The van der Waals surface area contributed by atoms with E-state index in [1.807, 2.05) is 13.8 Å². The highest BCUT2D eigenvalue weighted by atomic mass is 35.5. The van der Waals surface area contributed by atoms with Crippen molar-refractivity contribution in [2.45, 2.75) is 32.9 Å². The van der Waals surface area contributed by atoms with Gasteiger partial charge in [-0.2, -0.15) is 5.10 Å². The Kier molecular flexibility index (Phi) is 6.17. The molecule has 2 heterocycles. The Morgan fingerprint density at radius 1 is 1.32 bits per heavy atom. The third-order valence-electron chi connectivity index (χ3n) is 4.79. The maximum Gasteiger partial charge on any atom is 0.244 e. The summed E-state index contributed by atoms with van der Waals surface area (Å²) in [6, 6.07) is 5.03. The Hall–Kier alpha value is -1.83. The third-order valence-corrected chi connectivity index (χ3v) is 7.26. The summed E-state index contributed by atoms with van der Waals surface area (Å²) in [7, 11) is -3.03. The lowest BCUT2D eigenvalue weighted by Gasteiger charge is -2.09. The highest BCUT2D eigenvalue weighted by Crippen LogP contribution is 2.26. The second kappa shape index (κ2) is 8.27. The molecule has 3 rings (SSSR count). The minimum atomic E-state index is -3.03. The minimum absolute atomic E-state index is 0.00115. The maximum absolute atomic E-state index is 12.1. The number of nitrogens with zero attached hydrogens (tertiary/aromatic N) is 2. The van der Waals surface area contributed by atoms with E-state index < -0.39 is 9.84 Å². The fourth-order valence-corrected chi connectivity index (χ4v) is 5.45. The summed E-state index contributed by atoms with van der Waals surface area (Å²) >= 11 is 12.5. The van der Waals surface area contributed by atoms with Gasteiger partial charge in [-0.1, -0.05) is 29.3 Å². The van der Waals surface area contributed by atoms with Crippen molar-refractivity contribution < 1.29 is 13.2 Å². The number of hydrogen-bond donors (Lipinski definition) is 1. The molecule has 1 N–H and O–H groups in total. The smallest absolute Gasteiger partial charge is 0.244 e. The van der Waals surface area contributed by atoms with Crippen LogP contribution in [0.3, 0.4) is 0 Å². The van der Waals surface area contributed by atoms with Crippen LogP contribution in [0.25, 0.3) is 6.08 Å². The molecule has 28 heavy (non-hydrogen) atoms. The van der Waals surface area contributed by atoms with Crippen LogP contribution in [0.15, 0.2) is 24.3 Å². The van der Waals surface area contributed by atoms with Crippen LogP contribution in [0, 0.1) is 13.8 Å². The van der Waals surface area contributed by atoms with E-state index in [2.05, 4.69) is 10.4 Å².